The number of likely N-dealkylation sites (tertiary alicyclic amines) is 1. The van der Waals surface area contributed by atoms with Crippen molar-refractivity contribution in [3.8, 4) is 0 Å². The second kappa shape index (κ2) is 8.44. The zero-order valence-electron chi connectivity index (χ0n) is 16.4. The molecule has 0 aromatic heterocycles. The van der Waals surface area contributed by atoms with E-state index in [0.29, 0.717) is 13.1 Å². The monoisotopic (exact) mass is 408 g/mol. The fourth-order valence-corrected chi connectivity index (χ4v) is 4.22. The molecule has 1 aliphatic rings. The molecule has 4 nitrogen and oxygen atoms in total. The van der Waals surface area contributed by atoms with Crippen molar-refractivity contribution in [2.24, 2.45) is 5.92 Å². The predicted octanol–water partition coefficient (Wildman–Crippen LogP) is 5.57. The molecule has 150 valence electrons. The van der Waals surface area contributed by atoms with Crippen LogP contribution in [0, 0.1) is 5.92 Å². The van der Waals surface area contributed by atoms with Gasteiger partial charge in [-0.1, -0.05) is 54.9 Å². The maximum atomic E-state index is 11.0. The number of hydrogen-bond acceptors (Lipinski definition) is 3. The Labute approximate surface area is 176 Å². The Kier molecular flexibility index (Phi) is 5.74. The van der Waals surface area contributed by atoms with Crippen LogP contribution in [-0.2, 0) is 11.3 Å². The van der Waals surface area contributed by atoms with E-state index in [1.54, 1.807) is 0 Å². The fourth-order valence-electron chi connectivity index (χ4n) is 3.97. The van der Waals surface area contributed by atoms with Gasteiger partial charge in [0, 0.05) is 35.7 Å². The number of aliphatic carboxylic acids is 1. The predicted molar refractivity (Wildman–Crippen MR) is 118 cm³/mol. The van der Waals surface area contributed by atoms with E-state index in [4.69, 9.17) is 16.7 Å². The molecule has 1 fully saturated rings. The minimum atomic E-state index is -0.695. The van der Waals surface area contributed by atoms with Gasteiger partial charge < -0.3 is 10.4 Å². The standard InChI is InChI=1S/C24H25ClN2O2/c1-2-23(18-9-10-21-17(12-18)6-4-8-22(21)25)26-20-7-3-5-16(11-20)13-27-14-19(15-27)24(28)29/h3-12,19,23,26H,2,13-15H2,1H3,(H,28,29). The SMILES string of the molecule is CCC(Nc1cccc(CN2CC(C(=O)O)C2)c1)c1ccc2c(Cl)cccc2c1. The molecule has 1 saturated heterocycles. The second-order valence-electron chi connectivity index (χ2n) is 7.76. The molecule has 4 rings (SSSR count). The number of rotatable bonds is 7. The molecular formula is C24H25ClN2O2. The van der Waals surface area contributed by atoms with E-state index in [-0.39, 0.29) is 12.0 Å². The molecule has 0 bridgehead atoms. The number of benzene rings is 3. The van der Waals surface area contributed by atoms with E-state index in [9.17, 15) is 4.79 Å². The Bertz CT molecular complexity index is 1030. The molecule has 0 radical (unpaired) electrons. The van der Waals surface area contributed by atoms with Crippen molar-refractivity contribution in [3.63, 3.8) is 0 Å². The van der Waals surface area contributed by atoms with Gasteiger partial charge in [0.05, 0.1) is 12.0 Å². The molecule has 1 heterocycles. The van der Waals surface area contributed by atoms with E-state index in [1.165, 1.54) is 11.1 Å². The summed E-state index contributed by atoms with van der Waals surface area (Å²) >= 11 is 6.30. The maximum absolute atomic E-state index is 11.0. The Morgan fingerprint density at radius 3 is 2.72 bits per heavy atom. The molecule has 3 aromatic rings. The summed E-state index contributed by atoms with van der Waals surface area (Å²) in [6, 6.07) is 21.0. The molecule has 0 spiro atoms. The van der Waals surface area contributed by atoms with Crippen LogP contribution in [0.2, 0.25) is 5.02 Å². The number of carbonyl (C=O) groups is 1. The third-order valence-corrected chi connectivity index (χ3v) is 5.97. The third-order valence-electron chi connectivity index (χ3n) is 5.64. The average Bonchev–Trinajstić information content (AvgIpc) is 2.68. The molecule has 0 aliphatic carbocycles. The lowest BCUT2D eigenvalue weighted by molar-refractivity contribution is -0.147. The van der Waals surface area contributed by atoms with Crippen molar-refractivity contribution in [1.29, 1.82) is 0 Å². The number of nitrogens with one attached hydrogen (secondary N) is 1. The van der Waals surface area contributed by atoms with Crippen molar-refractivity contribution in [2.45, 2.75) is 25.9 Å². The minimum absolute atomic E-state index is 0.203. The van der Waals surface area contributed by atoms with Gasteiger partial charge in [0.2, 0.25) is 0 Å². The lowest BCUT2D eigenvalue weighted by Gasteiger charge is -2.36. The molecule has 1 unspecified atom stereocenters. The zero-order chi connectivity index (χ0) is 20.4. The van der Waals surface area contributed by atoms with Gasteiger partial charge in [-0.15, -0.1) is 0 Å². The number of anilines is 1. The van der Waals surface area contributed by atoms with Gasteiger partial charge in [-0.2, -0.15) is 0 Å². The Balaban J connectivity index is 1.47. The van der Waals surface area contributed by atoms with E-state index in [2.05, 4.69) is 65.7 Å². The Morgan fingerprint density at radius 2 is 1.97 bits per heavy atom. The van der Waals surface area contributed by atoms with Gasteiger partial charge in [0.25, 0.3) is 0 Å². The van der Waals surface area contributed by atoms with Crippen LogP contribution in [-0.4, -0.2) is 29.1 Å². The molecule has 2 N–H and O–H groups in total. The molecule has 1 atom stereocenters. The minimum Gasteiger partial charge on any atom is -0.481 e. The number of hydrogen-bond donors (Lipinski definition) is 2. The molecule has 3 aromatic carbocycles. The quantitative estimate of drug-likeness (QED) is 0.536. The number of fused-ring (bicyclic) bond motifs is 1. The van der Waals surface area contributed by atoms with Gasteiger partial charge in [-0.3, -0.25) is 9.69 Å². The molecular weight excluding hydrogens is 384 g/mol. The van der Waals surface area contributed by atoms with Crippen LogP contribution in [0.5, 0.6) is 0 Å². The van der Waals surface area contributed by atoms with E-state index < -0.39 is 5.97 Å². The van der Waals surface area contributed by atoms with Crippen molar-refractivity contribution in [3.05, 3.63) is 76.8 Å². The van der Waals surface area contributed by atoms with Crippen molar-refractivity contribution in [2.75, 3.05) is 18.4 Å². The first-order chi connectivity index (χ1) is 14.0. The molecule has 29 heavy (non-hydrogen) atoms. The third kappa shape index (κ3) is 4.39. The van der Waals surface area contributed by atoms with Crippen molar-refractivity contribution < 1.29 is 9.90 Å². The smallest absolute Gasteiger partial charge is 0.309 e. The molecule has 1 aliphatic heterocycles. The van der Waals surface area contributed by atoms with E-state index in [1.807, 2.05) is 12.1 Å². The fraction of sp³-hybridized carbons (Fsp3) is 0.292. The zero-order valence-corrected chi connectivity index (χ0v) is 17.2. The Hall–Kier alpha value is -2.56. The Morgan fingerprint density at radius 1 is 1.17 bits per heavy atom. The first-order valence-electron chi connectivity index (χ1n) is 10.0. The van der Waals surface area contributed by atoms with Gasteiger partial charge in [0.15, 0.2) is 0 Å². The lowest BCUT2D eigenvalue weighted by Crippen LogP contribution is -2.49. The average molecular weight is 409 g/mol. The van der Waals surface area contributed by atoms with Crippen molar-refractivity contribution in [1.82, 2.24) is 4.90 Å². The second-order valence-corrected chi connectivity index (χ2v) is 8.16. The van der Waals surface area contributed by atoms with Crippen LogP contribution in [0.25, 0.3) is 10.8 Å². The van der Waals surface area contributed by atoms with Crippen LogP contribution in [0.1, 0.15) is 30.5 Å². The summed E-state index contributed by atoms with van der Waals surface area (Å²) in [6.45, 7) is 4.22. The summed E-state index contributed by atoms with van der Waals surface area (Å²) in [5.41, 5.74) is 3.51. The molecule has 0 amide bonds. The van der Waals surface area contributed by atoms with Crippen LogP contribution in [0.15, 0.2) is 60.7 Å². The highest BCUT2D eigenvalue weighted by molar-refractivity contribution is 6.35. The highest BCUT2D eigenvalue weighted by atomic mass is 35.5. The van der Waals surface area contributed by atoms with Gasteiger partial charge in [-0.25, -0.2) is 0 Å². The van der Waals surface area contributed by atoms with Gasteiger partial charge in [0.1, 0.15) is 0 Å². The number of carboxylic acids is 1. The van der Waals surface area contributed by atoms with Gasteiger partial charge >= 0.3 is 5.97 Å². The van der Waals surface area contributed by atoms with Crippen LogP contribution in [0.3, 0.4) is 0 Å². The summed E-state index contributed by atoms with van der Waals surface area (Å²) in [7, 11) is 0. The van der Waals surface area contributed by atoms with Gasteiger partial charge in [-0.05, 0) is 47.2 Å². The highest BCUT2D eigenvalue weighted by Crippen LogP contribution is 2.29. The summed E-state index contributed by atoms with van der Waals surface area (Å²) < 4.78 is 0. The molecule has 5 heteroatoms. The van der Waals surface area contributed by atoms with Crippen LogP contribution >= 0.6 is 11.6 Å². The summed E-state index contributed by atoms with van der Waals surface area (Å²) in [5, 5.41) is 15.7. The number of halogens is 1. The number of nitrogens with zero attached hydrogens (tertiary/aromatic N) is 1. The normalized spacial score (nSPS) is 15.8. The first kappa shape index (κ1) is 19.7. The van der Waals surface area contributed by atoms with Crippen molar-refractivity contribution >= 4 is 34.0 Å². The van der Waals surface area contributed by atoms with Crippen LogP contribution < -0.4 is 5.32 Å². The first-order valence-corrected chi connectivity index (χ1v) is 10.4. The summed E-state index contributed by atoms with van der Waals surface area (Å²) in [5.74, 6) is -0.915. The maximum Gasteiger partial charge on any atom is 0.309 e. The largest absolute Gasteiger partial charge is 0.481 e. The lowest BCUT2D eigenvalue weighted by atomic mass is 9.99. The molecule has 0 saturated carbocycles. The summed E-state index contributed by atoms with van der Waals surface area (Å²) in [6.07, 6.45) is 0.961. The van der Waals surface area contributed by atoms with Crippen LogP contribution in [0.4, 0.5) is 5.69 Å². The summed E-state index contributed by atoms with van der Waals surface area (Å²) in [4.78, 5) is 13.1. The highest BCUT2D eigenvalue weighted by Gasteiger charge is 2.32. The topological polar surface area (TPSA) is 52.6 Å². The van der Waals surface area contributed by atoms with E-state index in [0.717, 1.165) is 34.4 Å². The van der Waals surface area contributed by atoms with E-state index >= 15 is 0 Å². The number of carboxylic acid groups (broad SMARTS) is 1.